The van der Waals surface area contributed by atoms with Crippen molar-refractivity contribution >= 4 is 17.2 Å². The third kappa shape index (κ3) is 2.20. The van der Waals surface area contributed by atoms with E-state index in [2.05, 4.69) is 54.6 Å². The Labute approximate surface area is 124 Å². The van der Waals surface area contributed by atoms with Gasteiger partial charge in [0.05, 0.1) is 17.3 Å². The molecular formula is C17H17ClN2. The fourth-order valence-corrected chi connectivity index (χ4v) is 2.71. The van der Waals surface area contributed by atoms with Gasteiger partial charge in [0.15, 0.2) is 0 Å². The van der Waals surface area contributed by atoms with Gasteiger partial charge in [-0.25, -0.2) is 4.98 Å². The highest BCUT2D eigenvalue weighted by Crippen LogP contribution is 2.26. The first kappa shape index (κ1) is 13.2. The summed E-state index contributed by atoms with van der Waals surface area (Å²) in [5.41, 5.74) is 6.64. The Morgan fingerprint density at radius 1 is 1.15 bits per heavy atom. The molecule has 2 aromatic heterocycles. The van der Waals surface area contributed by atoms with Gasteiger partial charge in [0.25, 0.3) is 0 Å². The molecule has 0 bridgehead atoms. The van der Waals surface area contributed by atoms with Crippen LogP contribution in [0.3, 0.4) is 0 Å². The number of fused-ring (bicyclic) bond motifs is 1. The first-order chi connectivity index (χ1) is 9.72. The molecule has 0 spiro atoms. The summed E-state index contributed by atoms with van der Waals surface area (Å²) in [4.78, 5) is 4.75. The molecule has 0 radical (unpaired) electrons. The number of imidazole rings is 1. The van der Waals surface area contributed by atoms with Gasteiger partial charge in [-0.2, -0.15) is 0 Å². The van der Waals surface area contributed by atoms with Crippen LogP contribution in [0.15, 0.2) is 42.6 Å². The minimum absolute atomic E-state index is 0.453. The van der Waals surface area contributed by atoms with Crippen LogP contribution >= 0.6 is 11.6 Å². The lowest BCUT2D eigenvalue weighted by molar-refractivity contribution is 1.08. The first-order valence-corrected chi connectivity index (χ1v) is 7.39. The predicted octanol–water partition coefficient (Wildman–Crippen LogP) is 4.61. The van der Waals surface area contributed by atoms with Crippen molar-refractivity contribution in [2.45, 2.75) is 26.1 Å². The number of aryl methyl sites for hydroxylation is 2. The largest absolute Gasteiger partial charge is 0.302 e. The zero-order valence-electron chi connectivity index (χ0n) is 11.7. The second-order valence-corrected chi connectivity index (χ2v) is 5.29. The van der Waals surface area contributed by atoms with Crippen molar-refractivity contribution in [2.24, 2.45) is 0 Å². The van der Waals surface area contributed by atoms with E-state index in [0.29, 0.717) is 5.88 Å². The number of benzene rings is 1. The molecule has 102 valence electrons. The topological polar surface area (TPSA) is 17.3 Å². The van der Waals surface area contributed by atoms with Crippen molar-refractivity contribution < 1.29 is 0 Å². The standard InChI is InChI=1S/C17H17ClN2/c1-3-13-4-6-14(7-5-13)17-15(11-18)20-9-8-12(2)10-16(20)19-17/h4-10H,3,11H2,1-2H3. The molecule has 0 aliphatic carbocycles. The van der Waals surface area contributed by atoms with E-state index >= 15 is 0 Å². The van der Waals surface area contributed by atoms with Gasteiger partial charge in [0, 0.05) is 11.8 Å². The molecule has 0 saturated carbocycles. The van der Waals surface area contributed by atoms with Crippen LogP contribution in [0, 0.1) is 6.92 Å². The number of hydrogen-bond acceptors (Lipinski definition) is 1. The Hall–Kier alpha value is -1.80. The third-order valence-corrected chi connectivity index (χ3v) is 3.90. The van der Waals surface area contributed by atoms with Gasteiger partial charge in [-0.15, -0.1) is 11.6 Å². The van der Waals surface area contributed by atoms with E-state index in [9.17, 15) is 0 Å². The number of aromatic nitrogens is 2. The quantitative estimate of drug-likeness (QED) is 0.642. The van der Waals surface area contributed by atoms with Crippen LogP contribution in [0.1, 0.15) is 23.7 Å². The Kier molecular flexibility index (Phi) is 3.49. The highest BCUT2D eigenvalue weighted by Gasteiger charge is 2.13. The normalized spacial score (nSPS) is 11.2. The van der Waals surface area contributed by atoms with E-state index in [4.69, 9.17) is 16.6 Å². The number of nitrogens with zero attached hydrogens (tertiary/aromatic N) is 2. The Morgan fingerprint density at radius 3 is 2.55 bits per heavy atom. The molecule has 1 aromatic carbocycles. The van der Waals surface area contributed by atoms with Crippen molar-refractivity contribution in [3.63, 3.8) is 0 Å². The van der Waals surface area contributed by atoms with Gasteiger partial charge >= 0.3 is 0 Å². The number of rotatable bonds is 3. The summed E-state index contributed by atoms with van der Waals surface area (Å²) >= 11 is 6.14. The molecule has 20 heavy (non-hydrogen) atoms. The van der Waals surface area contributed by atoms with E-state index in [-0.39, 0.29) is 0 Å². The van der Waals surface area contributed by atoms with Crippen molar-refractivity contribution in [1.29, 1.82) is 0 Å². The molecule has 3 rings (SSSR count). The monoisotopic (exact) mass is 284 g/mol. The van der Waals surface area contributed by atoms with Gasteiger partial charge in [0.2, 0.25) is 0 Å². The van der Waals surface area contributed by atoms with Crippen molar-refractivity contribution in [2.75, 3.05) is 0 Å². The Morgan fingerprint density at radius 2 is 1.90 bits per heavy atom. The van der Waals surface area contributed by atoms with Crippen molar-refractivity contribution in [3.8, 4) is 11.3 Å². The highest BCUT2D eigenvalue weighted by atomic mass is 35.5. The minimum Gasteiger partial charge on any atom is -0.302 e. The van der Waals surface area contributed by atoms with E-state index in [0.717, 1.165) is 29.0 Å². The van der Waals surface area contributed by atoms with Crippen LogP contribution in [0.5, 0.6) is 0 Å². The fraction of sp³-hybridized carbons (Fsp3) is 0.235. The molecule has 0 saturated heterocycles. The lowest BCUT2D eigenvalue weighted by atomic mass is 10.1. The van der Waals surface area contributed by atoms with Gasteiger partial charge in [0.1, 0.15) is 5.65 Å². The summed E-state index contributed by atoms with van der Waals surface area (Å²) in [6.07, 6.45) is 3.09. The van der Waals surface area contributed by atoms with Crippen LogP contribution in [0.25, 0.3) is 16.9 Å². The maximum absolute atomic E-state index is 6.14. The number of hydrogen-bond donors (Lipinski definition) is 0. The van der Waals surface area contributed by atoms with Crippen molar-refractivity contribution in [3.05, 3.63) is 59.4 Å². The smallest absolute Gasteiger partial charge is 0.137 e. The molecule has 0 aliphatic rings. The number of halogens is 1. The maximum atomic E-state index is 6.14. The van der Waals surface area contributed by atoms with E-state index < -0.39 is 0 Å². The molecular weight excluding hydrogens is 268 g/mol. The number of alkyl halides is 1. The van der Waals surface area contributed by atoms with Crippen LogP contribution in [-0.4, -0.2) is 9.38 Å². The van der Waals surface area contributed by atoms with Gasteiger partial charge < -0.3 is 4.40 Å². The summed E-state index contributed by atoms with van der Waals surface area (Å²) in [5.74, 6) is 0.453. The van der Waals surface area contributed by atoms with E-state index in [1.165, 1.54) is 11.1 Å². The van der Waals surface area contributed by atoms with E-state index in [1.54, 1.807) is 0 Å². The second-order valence-electron chi connectivity index (χ2n) is 5.02. The third-order valence-electron chi connectivity index (χ3n) is 3.64. The zero-order chi connectivity index (χ0) is 14.1. The lowest BCUT2D eigenvalue weighted by Crippen LogP contribution is -1.91. The molecule has 2 nitrogen and oxygen atoms in total. The summed E-state index contributed by atoms with van der Waals surface area (Å²) in [6, 6.07) is 12.7. The fourth-order valence-electron chi connectivity index (χ4n) is 2.45. The van der Waals surface area contributed by atoms with Crippen LogP contribution in [0.2, 0.25) is 0 Å². The molecule has 3 heteroatoms. The summed E-state index contributed by atoms with van der Waals surface area (Å²) < 4.78 is 2.07. The predicted molar refractivity (Wildman–Crippen MR) is 84.3 cm³/mol. The second kappa shape index (κ2) is 5.29. The molecule has 0 fully saturated rings. The van der Waals surface area contributed by atoms with Crippen LogP contribution < -0.4 is 0 Å². The zero-order valence-corrected chi connectivity index (χ0v) is 12.5. The van der Waals surface area contributed by atoms with Crippen LogP contribution in [-0.2, 0) is 12.3 Å². The molecule has 2 heterocycles. The molecule has 0 atom stereocenters. The Bertz CT molecular complexity index is 742. The van der Waals surface area contributed by atoms with Crippen molar-refractivity contribution in [1.82, 2.24) is 9.38 Å². The van der Waals surface area contributed by atoms with Gasteiger partial charge in [-0.1, -0.05) is 31.2 Å². The maximum Gasteiger partial charge on any atom is 0.137 e. The minimum atomic E-state index is 0.453. The van der Waals surface area contributed by atoms with Gasteiger partial charge in [-0.05, 0) is 36.6 Å². The first-order valence-electron chi connectivity index (χ1n) is 6.85. The summed E-state index contributed by atoms with van der Waals surface area (Å²) in [5, 5.41) is 0. The average molecular weight is 285 g/mol. The summed E-state index contributed by atoms with van der Waals surface area (Å²) in [6.45, 7) is 4.23. The molecule has 0 unspecified atom stereocenters. The SMILES string of the molecule is CCc1ccc(-c2nc3cc(C)ccn3c2CCl)cc1. The highest BCUT2D eigenvalue weighted by molar-refractivity contribution is 6.17. The molecule has 0 amide bonds. The van der Waals surface area contributed by atoms with E-state index in [1.807, 2.05) is 6.20 Å². The number of pyridine rings is 1. The Balaban J connectivity index is 2.18. The van der Waals surface area contributed by atoms with Crippen LogP contribution in [0.4, 0.5) is 0 Å². The molecule has 0 N–H and O–H groups in total. The average Bonchev–Trinajstić information content (AvgIpc) is 2.84. The summed E-state index contributed by atoms with van der Waals surface area (Å²) in [7, 11) is 0. The lowest BCUT2D eigenvalue weighted by Gasteiger charge is -2.03. The molecule has 0 aliphatic heterocycles. The van der Waals surface area contributed by atoms with Gasteiger partial charge in [-0.3, -0.25) is 0 Å². The molecule has 3 aromatic rings.